The SMILES string of the molecule is CNCc1cc(Br)ccc1Oc1cc([N+](=O)[O-])ccc1Cl. The molecule has 0 atom stereocenters. The average Bonchev–Trinajstić information content (AvgIpc) is 2.44. The molecule has 0 saturated carbocycles. The highest BCUT2D eigenvalue weighted by Crippen LogP contribution is 2.34. The van der Waals surface area contributed by atoms with Gasteiger partial charge in [-0.05, 0) is 31.3 Å². The molecule has 0 aliphatic heterocycles. The summed E-state index contributed by atoms with van der Waals surface area (Å²) in [7, 11) is 1.82. The minimum absolute atomic E-state index is 0.0679. The molecule has 0 saturated heterocycles. The number of non-ortho nitro benzene ring substituents is 1. The number of benzene rings is 2. The molecule has 0 bridgehead atoms. The minimum atomic E-state index is -0.487. The molecule has 0 spiro atoms. The summed E-state index contributed by atoms with van der Waals surface area (Å²) in [5.74, 6) is 0.848. The van der Waals surface area contributed by atoms with E-state index < -0.39 is 4.92 Å². The van der Waals surface area contributed by atoms with Crippen LogP contribution in [0.25, 0.3) is 0 Å². The quantitative estimate of drug-likeness (QED) is 0.620. The molecule has 0 amide bonds. The highest BCUT2D eigenvalue weighted by molar-refractivity contribution is 9.10. The van der Waals surface area contributed by atoms with Crippen molar-refractivity contribution in [1.82, 2.24) is 5.32 Å². The lowest BCUT2D eigenvalue weighted by atomic mass is 10.2. The van der Waals surface area contributed by atoms with Crippen LogP contribution in [0.1, 0.15) is 5.56 Å². The molecule has 0 fully saturated rings. The van der Waals surface area contributed by atoms with Crippen molar-refractivity contribution in [3.8, 4) is 11.5 Å². The summed E-state index contributed by atoms with van der Waals surface area (Å²) in [6.07, 6.45) is 0. The molecule has 0 aromatic heterocycles. The van der Waals surface area contributed by atoms with E-state index in [-0.39, 0.29) is 11.4 Å². The molecule has 0 radical (unpaired) electrons. The average molecular weight is 372 g/mol. The Morgan fingerprint density at radius 2 is 2.05 bits per heavy atom. The summed E-state index contributed by atoms with van der Waals surface area (Å²) in [5.41, 5.74) is 0.844. The van der Waals surface area contributed by atoms with E-state index in [1.165, 1.54) is 18.2 Å². The molecule has 110 valence electrons. The lowest BCUT2D eigenvalue weighted by molar-refractivity contribution is -0.384. The van der Waals surface area contributed by atoms with Crippen LogP contribution in [0.5, 0.6) is 11.5 Å². The Labute approximate surface area is 135 Å². The third-order valence-electron chi connectivity index (χ3n) is 2.74. The van der Waals surface area contributed by atoms with E-state index in [2.05, 4.69) is 21.2 Å². The minimum Gasteiger partial charge on any atom is -0.455 e. The van der Waals surface area contributed by atoms with Gasteiger partial charge < -0.3 is 10.1 Å². The van der Waals surface area contributed by atoms with E-state index in [1.54, 1.807) is 6.07 Å². The molecular formula is C14H12BrClN2O3. The monoisotopic (exact) mass is 370 g/mol. The first kappa shape index (κ1) is 15.8. The van der Waals surface area contributed by atoms with Gasteiger partial charge in [-0.2, -0.15) is 0 Å². The van der Waals surface area contributed by atoms with Crippen molar-refractivity contribution in [2.24, 2.45) is 0 Å². The Kier molecular flexibility index (Phi) is 5.17. The van der Waals surface area contributed by atoms with Crippen LogP contribution in [0.2, 0.25) is 5.02 Å². The molecule has 0 aliphatic carbocycles. The first-order valence-electron chi connectivity index (χ1n) is 6.06. The molecule has 7 heteroatoms. The molecule has 1 N–H and O–H groups in total. The maximum Gasteiger partial charge on any atom is 0.273 e. The molecule has 2 aromatic carbocycles. The van der Waals surface area contributed by atoms with Crippen LogP contribution in [0, 0.1) is 10.1 Å². The lowest BCUT2D eigenvalue weighted by Gasteiger charge is -2.12. The summed E-state index contributed by atoms with van der Waals surface area (Å²) in [6, 6.07) is 9.63. The topological polar surface area (TPSA) is 64.4 Å². The predicted molar refractivity (Wildman–Crippen MR) is 85.1 cm³/mol. The van der Waals surface area contributed by atoms with Crippen molar-refractivity contribution in [2.45, 2.75) is 6.54 Å². The van der Waals surface area contributed by atoms with Crippen LogP contribution in [-0.4, -0.2) is 12.0 Å². The van der Waals surface area contributed by atoms with Gasteiger partial charge in [-0.25, -0.2) is 0 Å². The van der Waals surface area contributed by atoms with E-state index in [9.17, 15) is 10.1 Å². The Morgan fingerprint density at radius 3 is 2.71 bits per heavy atom. The van der Waals surface area contributed by atoms with E-state index in [0.717, 1.165) is 10.0 Å². The van der Waals surface area contributed by atoms with Crippen LogP contribution >= 0.6 is 27.5 Å². The molecular weight excluding hydrogens is 360 g/mol. The number of halogens is 2. The third-order valence-corrected chi connectivity index (χ3v) is 3.54. The third kappa shape index (κ3) is 3.93. The molecule has 2 aromatic rings. The lowest BCUT2D eigenvalue weighted by Crippen LogP contribution is -2.06. The Morgan fingerprint density at radius 1 is 1.29 bits per heavy atom. The van der Waals surface area contributed by atoms with Crippen molar-refractivity contribution in [3.05, 3.63) is 61.6 Å². The highest BCUT2D eigenvalue weighted by atomic mass is 79.9. The van der Waals surface area contributed by atoms with Crippen LogP contribution < -0.4 is 10.1 Å². The number of nitro groups is 1. The van der Waals surface area contributed by atoms with Gasteiger partial charge in [0.15, 0.2) is 5.75 Å². The normalized spacial score (nSPS) is 10.4. The maximum atomic E-state index is 10.8. The summed E-state index contributed by atoms with van der Waals surface area (Å²) in [4.78, 5) is 10.3. The molecule has 21 heavy (non-hydrogen) atoms. The number of nitrogens with one attached hydrogen (secondary N) is 1. The number of rotatable bonds is 5. The smallest absolute Gasteiger partial charge is 0.273 e. The number of nitrogens with zero attached hydrogens (tertiary/aromatic N) is 1. The zero-order valence-electron chi connectivity index (χ0n) is 11.1. The zero-order valence-corrected chi connectivity index (χ0v) is 13.4. The first-order valence-corrected chi connectivity index (χ1v) is 7.23. The van der Waals surface area contributed by atoms with E-state index in [4.69, 9.17) is 16.3 Å². The van der Waals surface area contributed by atoms with Gasteiger partial charge in [0, 0.05) is 22.6 Å². The summed E-state index contributed by atoms with van der Waals surface area (Å²) in [5, 5.41) is 14.2. The summed E-state index contributed by atoms with van der Waals surface area (Å²) < 4.78 is 6.66. The van der Waals surface area contributed by atoms with Crippen molar-refractivity contribution in [3.63, 3.8) is 0 Å². The van der Waals surface area contributed by atoms with Gasteiger partial charge in [-0.1, -0.05) is 27.5 Å². The van der Waals surface area contributed by atoms with Crippen molar-refractivity contribution in [1.29, 1.82) is 0 Å². The fourth-order valence-corrected chi connectivity index (χ4v) is 2.34. The van der Waals surface area contributed by atoms with Crippen molar-refractivity contribution in [2.75, 3.05) is 7.05 Å². The zero-order chi connectivity index (χ0) is 15.4. The summed E-state index contributed by atoms with van der Waals surface area (Å²) in [6.45, 7) is 0.599. The first-order chi connectivity index (χ1) is 10.0. The molecule has 0 heterocycles. The van der Waals surface area contributed by atoms with Gasteiger partial charge in [0.1, 0.15) is 5.75 Å². The second kappa shape index (κ2) is 6.89. The molecule has 2 rings (SSSR count). The molecule has 0 unspecified atom stereocenters. The molecule has 5 nitrogen and oxygen atoms in total. The van der Waals surface area contributed by atoms with Crippen LogP contribution in [0.3, 0.4) is 0 Å². The highest BCUT2D eigenvalue weighted by Gasteiger charge is 2.13. The molecule has 0 aliphatic rings. The Bertz CT molecular complexity index is 679. The van der Waals surface area contributed by atoms with E-state index in [0.29, 0.717) is 17.3 Å². The van der Waals surface area contributed by atoms with E-state index >= 15 is 0 Å². The second-order valence-electron chi connectivity index (χ2n) is 4.26. The largest absolute Gasteiger partial charge is 0.455 e. The van der Waals surface area contributed by atoms with E-state index in [1.807, 2.05) is 19.2 Å². The fourth-order valence-electron chi connectivity index (χ4n) is 1.78. The standard InChI is InChI=1S/C14H12BrClN2O3/c1-17-8-9-6-10(15)2-5-13(9)21-14-7-11(18(19)20)3-4-12(14)16/h2-7,17H,8H2,1H3. The number of ether oxygens (including phenoxy) is 1. The second-order valence-corrected chi connectivity index (χ2v) is 5.58. The van der Waals surface area contributed by atoms with Gasteiger partial charge >= 0.3 is 0 Å². The van der Waals surface area contributed by atoms with Crippen LogP contribution in [0.15, 0.2) is 40.9 Å². The van der Waals surface area contributed by atoms with Crippen molar-refractivity contribution >= 4 is 33.2 Å². The Hall–Kier alpha value is -1.63. The Balaban J connectivity index is 2.37. The number of hydrogen-bond acceptors (Lipinski definition) is 4. The van der Waals surface area contributed by atoms with Crippen LogP contribution in [0.4, 0.5) is 5.69 Å². The van der Waals surface area contributed by atoms with Gasteiger partial charge in [-0.15, -0.1) is 0 Å². The summed E-state index contributed by atoms with van der Waals surface area (Å²) >= 11 is 9.44. The predicted octanol–water partition coefficient (Wildman–Crippen LogP) is 4.52. The van der Waals surface area contributed by atoms with Crippen molar-refractivity contribution < 1.29 is 9.66 Å². The van der Waals surface area contributed by atoms with Gasteiger partial charge in [0.25, 0.3) is 5.69 Å². The van der Waals surface area contributed by atoms with Crippen LogP contribution in [-0.2, 0) is 6.54 Å². The van der Waals surface area contributed by atoms with Gasteiger partial charge in [0.05, 0.1) is 16.0 Å². The number of hydrogen-bond donors (Lipinski definition) is 1. The maximum absolute atomic E-state index is 10.8. The number of nitro benzene ring substituents is 1. The fraction of sp³-hybridized carbons (Fsp3) is 0.143. The van der Waals surface area contributed by atoms with Gasteiger partial charge in [0.2, 0.25) is 0 Å². The van der Waals surface area contributed by atoms with Gasteiger partial charge in [-0.3, -0.25) is 10.1 Å².